The van der Waals surface area contributed by atoms with Gasteiger partial charge in [-0.2, -0.15) is 0 Å². The molecular weight excluding hydrogens is 427 g/mol. The number of amides is 1. The Labute approximate surface area is 181 Å². The van der Waals surface area contributed by atoms with Gasteiger partial charge in [0.05, 0.1) is 12.2 Å². The molecule has 1 aromatic carbocycles. The second-order valence-electron chi connectivity index (χ2n) is 6.20. The largest absolute Gasteiger partial charge is 0.462 e. The summed E-state index contributed by atoms with van der Waals surface area (Å²) in [6, 6.07) is 7.54. The Balaban J connectivity index is 1.89. The molecule has 0 saturated heterocycles. The van der Waals surface area contributed by atoms with Crippen molar-refractivity contribution in [1.29, 1.82) is 0 Å². The highest BCUT2D eigenvalue weighted by molar-refractivity contribution is 8.01. The summed E-state index contributed by atoms with van der Waals surface area (Å²) >= 11 is 2.85. The Bertz CT molecular complexity index is 1050. The number of anilines is 1. The van der Waals surface area contributed by atoms with Crippen LogP contribution in [0.25, 0.3) is 11.3 Å². The molecule has 3 rings (SSSR count). The van der Waals surface area contributed by atoms with Gasteiger partial charge in [0.2, 0.25) is 11.0 Å². The van der Waals surface area contributed by atoms with Crippen molar-refractivity contribution in [2.45, 2.75) is 31.7 Å². The zero-order chi connectivity index (χ0) is 21.7. The number of nitrogens with zero attached hydrogens (tertiary/aromatic N) is 3. The maximum atomic E-state index is 13.4. The van der Waals surface area contributed by atoms with Gasteiger partial charge in [0.1, 0.15) is 12.4 Å². The number of benzene rings is 1. The number of carbonyl (C=O) groups excluding carboxylic acids is 2. The van der Waals surface area contributed by atoms with Crippen molar-refractivity contribution < 1.29 is 18.7 Å². The fourth-order valence-electron chi connectivity index (χ4n) is 2.87. The summed E-state index contributed by atoms with van der Waals surface area (Å²) in [5.41, 5.74) is 2.24. The van der Waals surface area contributed by atoms with Crippen LogP contribution in [0.4, 0.5) is 9.52 Å². The Kier molecular flexibility index (Phi) is 7.22. The number of hydrogen-bond donors (Lipinski definition) is 1. The van der Waals surface area contributed by atoms with Crippen LogP contribution in [-0.2, 0) is 16.1 Å². The topological polar surface area (TPSA) is 86.1 Å². The van der Waals surface area contributed by atoms with E-state index in [0.717, 1.165) is 10.1 Å². The average Bonchev–Trinajstić information content (AvgIpc) is 3.28. The second-order valence-corrected chi connectivity index (χ2v) is 8.69. The monoisotopic (exact) mass is 448 g/mol. The van der Waals surface area contributed by atoms with Crippen LogP contribution in [0, 0.1) is 12.7 Å². The predicted molar refractivity (Wildman–Crippen MR) is 115 cm³/mol. The van der Waals surface area contributed by atoms with E-state index in [1.54, 1.807) is 48.4 Å². The van der Waals surface area contributed by atoms with Crippen LogP contribution in [0.2, 0.25) is 0 Å². The highest BCUT2D eigenvalue weighted by Crippen LogP contribution is 2.28. The Morgan fingerprint density at radius 2 is 1.97 bits per heavy atom. The number of nitrogens with one attached hydrogen (secondary N) is 1. The zero-order valence-electron chi connectivity index (χ0n) is 16.8. The number of ether oxygens (including phenoxy) is 1. The van der Waals surface area contributed by atoms with Crippen LogP contribution < -0.4 is 5.32 Å². The smallest absolute Gasteiger partial charge is 0.339 e. The molecule has 0 fully saturated rings. The summed E-state index contributed by atoms with van der Waals surface area (Å²) in [6.07, 6.45) is 0. The van der Waals surface area contributed by atoms with Crippen LogP contribution in [0.3, 0.4) is 0 Å². The number of rotatable bonds is 8. The third-order valence-corrected chi connectivity index (χ3v) is 6.08. The van der Waals surface area contributed by atoms with E-state index in [-0.39, 0.29) is 24.9 Å². The molecule has 0 aliphatic carbocycles. The lowest BCUT2D eigenvalue weighted by Crippen LogP contribution is -2.20. The van der Waals surface area contributed by atoms with E-state index in [4.69, 9.17) is 4.74 Å². The van der Waals surface area contributed by atoms with Crippen LogP contribution in [-0.4, -0.2) is 39.0 Å². The van der Waals surface area contributed by atoms with Crippen molar-refractivity contribution in [3.05, 3.63) is 47.4 Å². The van der Waals surface area contributed by atoms with Gasteiger partial charge in [-0.1, -0.05) is 30.0 Å². The van der Waals surface area contributed by atoms with Gasteiger partial charge in [0, 0.05) is 11.4 Å². The highest BCUT2D eigenvalue weighted by Gasteiger charge is 2.21. The van der Waals surface area contributed by atoms with Gasteiger partial charge in [0.25, 0.3) is 0 Å². The summed E-state index contributed by atoms with van der Waals surface area (Å²) in [5.74, 6) is -0.281. The van der Waals surface area contributed by atoms with Crippen LogP contribution in [0.1, 0.15) is 29.9 Å². The molecule has 0 spiro atoms. The van der Waals surface area contributed by atoms with Gasteiger partial charge >= 0.3 is 5.97 Å². The maximum Gasteiger partial charge on any atom is 0.339 e. The molecule has 0 unspecified atom stereocenters. The van der Waals surface area contributed by atoms with E-state index in [1.165, 1.54) is 23.5 Å². The lowest BCUT2D eigenvalue weighted by atomic mass is 10.1. The van der Waals surface area contributed by atoms with Gasteiger partial charge < -0.3 is 9.30 Å². The molecule has 0 radical (unpaired) electrons. The minimum Gasteiger partial charge on any atom is -0.462 e. The molecule has 10 heteroatoms. The molecule has 3 aromatic rings. The molecule has 0 aliphatic heterocycles. The molecule has 7 nitrogen and oxygen atoms in total. The van der Waals surface area contributed by atoms with Crippen molar-refractivity contribution in [3.63, 3.8) is 0 Å². The molecule has 0 atom stereocenters. The van der Waals surface area contributed by atoms with Crippen molar-refractivity contribution in [2.24, 2.45) is 0 Å². The average molecular weight is 449 g/mol. The molecule has 2 aromatic heterocycles. The number of aromatic nitrogens is 3. The lowest BCUT2D eigenvalue weighted by molar-refractivity contribution is -0.116. The molecular formula is C20H21FN4O3S2. The minimum atomic E-state index is -0.470. The minimum absolute atomic E-state index is 0.0478. The van der Waals surface area contributed by atoms with Gasteiger partial charge in [-0.05, 0) is 55.5 Å². The van der Waals surface area contributed by atoms with E-state index in [2.05, 4.69) is 15.5 Å². The Morgan fingerprint density at radius 3 is 2.63 bits per heavy atom. The van der Waals surface area contributed by atoms with E-state index in [0.29, 0.717) is 27.6 Å². The lowest BCUT2D eigenvalue weighted by Gasteiger charge is -2.11. The van der Waals surface area contributed by atoms with Crippen molar-refractivity contribution in [2.75, 3.05) is 17.7 Å². The standard InChI is InChI=1S/C20H21FN4O3S2/c1-4-28-18(27)15-10-16(13-6-8-14(21)9-7-13)25(12(15)3)11-17(26)22-19-23-24-20(30-19)29-5-2/h6-10H,4-5,11H2,1-3H3,(H,22,23,26). The first-order valence-corrected chi connectivity index (χ1v) is 11.1. The molecule has 0 bridgehead atoms. The maximum absolute atomic E-state index is 13.4. The number of thioether (sulfide) groups is 1. The molecule has 0 saturated carbocycles. The van der Waals surface area contributed by atoms with Crippen molar-refractivity contribution in [3.8, 4) is 11.3 Å². The van der Waals surface area contributed by atoms with Gasteiger partial charge in [-0.15, -0.1) is 10.2 Å². The molecule has 2 heterocycles. The first-order valence-electron chi connectivity index (χ1n) is 9.32. The second kappa shape index (κ2) is 9.86. The van der Waals surface area contributed by atoms with E-state index in [1.807, 2.05) is 6.92 Å². The summed E-state index contributed by atoms with van der Waals surface area (Å²) < 4.78 is 21.0. The first kappa shape index (κ1) is 22.0. The van der Waals surface area contributed by atoms with Gasteiger partial charge in [0.15, 0.2) is 4.34 Å². The van der Waals surface area contributed by atoms with Crippen LogP contribution in [0.15, 0.2) is 34.7 Å². The third kappa shape index (κ3) is 5.06. The molecule has 30 heavy (non-hydrogen) atoms. The molecule has 1 amide bonds. The third-order valence-electron chi connectivity index (χ3n) is 4.22. The quantitative estimate of drug-likeness (QED) is 0.313. The van der Waals surface area contributed by atoms with E-state index >= 15 is 0 Å². The Hall–Kier alpha value is -2.72. The van der Waals surface area contributed by atoms with Gasteiger partial charge in [-0.25, -0.2) is 9.18 Å². The summed E-state index contributed by atoms with van der Waals surface area (Å²) in [4.78, 5) is 25.0. The number of carbonyl (C=O) groups is 2. The normalized spacial score (nSPS) is 10.8. The van der Waals surface area contributed by atoms with E-state index in [9.17, 15) is 14.0 Å². The fourth-order valence-corrected chi connectivity index (χ4v) is 4.53. The SMILES string of the molecule is CCOC(=O)c1cc(-c2ccc(F)cc2)n(CC(=O)Nc2nnc(SCC)s2)c1C. The zero-order valence-corrected chi connectivity index (χ0v) is 18.4. The van der Waals surface area contributed by atoms with Crippen molar-refractivity contribution in [1.82, 2.24) is 14.8 Å². The highest BCUT2D eigenvalue weighted by atomic mass is 32.2. The van der Waals surface area contributed by atoms with E-state index < -0.39 is 5.97 Å². The van der Waals surface area contributed by atoms with Crippen LogP contribution in [0.5, 0.6) is 0 Å². The summed E-state index contributed by atoms with van der Waals surface area (Å²) in [6.45, 7) is 5.68. The number of halogens is 1. The molecule has 0 aliphatic rings. The molecule has 1 N–H and O–H groups in total. The van der Waals surface area contributed by atoms with Crippen LogP contribution >= 0.6 is 23.1 Å². The fraction of sp³-hybridized carbons (Fsp3) is 0.300. The number of hydrogen-bond acceptors (Lipinski definition) is 7. The number of esters is 1. The van der Waals surface area contributed by atoms with Crippen molar-refractivity contribution >= 4 is 40.1 Å². The summed E-state index contributed by atoms with van der Waals surface area (Å²) in [5, 5.41) is 11.2. The summed E-state index contributed by atoms with van der Waals surface area (Å²) in [7, 11) is 0. The molecule has 158 valence electrons. The Morgan fingerprint density at radius 1 is 1.23 bits per heavy atom. The van der Waals surface area contributed by atoms with Gasteiger partial charge in [-0.3, -0.25) is 10.1 Å². The first-order chi connectivity index (χ1) is 14.4. The predicted octanol–water partition coefficient (Wildman–Crippen LogP) is 4.38.